The van der Waals surface area contributed by atoms with Crippen molar-refractivity contribution in [3.8, 4) is 0 Å². The van der Waals surface area contributed by atoms with E-state index < -0.39 is 0 Å². The van der Waals surface area contributed by atoms with Crippen LogP contribution in [0.3, 0.4) is 0 Å². The third-order valence-corrected chi connectivity index (χ3v) is 3.16. The standard InChI is InChI=1S/C13H15NO2/c1-4-10(12-6-2-8-15-12)14-11(5-1)13-7-3-9-16-13/h2-3,6-11,14H,1,4-5H2/t10-,11+. The Labute approximate surface area is 94.4 Å². The molecule has 0 spiro atoms. The van der Waals surface area contributed by atoms with Crippen molar-refractivity contribution in [2.24, 2.45) is 0 Å². The van der Waals surface area contributed by atoms with Gasteiger partial charge in [0.15, 0.2) is 0 Å². The molecule has 2 aromatic rings. The van der Waals surface area contributed by atoms with Crippen LogP contribution in [0.4, 0.5) is 0 Å². The fourth-order valence-corrected chi connectivity index (χ4v) is 2.36. The van der Waals surface area contributed by atoms with Gasteiger partial charge in [-0.05, 0) is 43.5 Å². The zero-order chi connectivity index (χ0) is 10.8. The smallest absolute Gasteiger partial charge is 0.120 e. The molecule has 0 amide bonds. The van der Waals surface area contributed by atoms with Crippen molar-refractivity contribution in [2.75, 3.05) is 0 Å². The largest absolute Gasteiger partial charge is 0.468 e. The van der Waals surface area contributed by atoms with Crippen molar-refractivity contribution >= 4 is 0 Å². The molecule has 0 radical (unpaired) electrons. The molecule has 3 heterocycles. The summed E-state index contributed by atoms with van der Waals surface area (Å²) in [6.07, 6.45) is 6.92. The monoisotopic (exact) mass is 217 g/mol. The fraction of sp³-hybridized carbons (Fsp3) is 0.385. The van der Waals surface area contributed by atoms with E-state index in [4.69, 9.17) is 8.83 Å². The van der Waals surface area contributed by atoms with Crippen LogP contribution in [0.1, 0.15) is 42.9 Å². The van der Waals surface area contributed by atoms with Gasteiger partial charge >= 0.3 is 0 Å². The lowest BCUT2D eigenvalue weighted by Crippen LogP contribution is -2.30. The molecule has 3 rings (SSSR count). The molecule has 3 nitrogen and oxygen atoms in total. The molecular formula is C13H15NO2. The summed E-state index contributed by atoms with van der Waals surface area (Å²) >= 11 is 0. The van der Waals surface area contributed by atoms with Gasteiger partial charge in [-0.2, -0.15) is 0 Å². The van der Waals surface area contributed by atoms with Gasteiger partial charge in [-0.1, -0.05) is 0 Å². The van der Waals surface area contributed by atoms with E-state index in [-0.39, 0.29) is 0 Å². The fourth-order valence-electron chi connectivity index (χ4n) is 2.36. The van der Waals surface area contributed by atoms with Crippen molar-refractivity contribution in [1.82, 2.24) is 5.32 Å². The molecule has 0 saturated carbocycles. The molecule has 0 aromatic carbocycles. The van der Waals surface area contributed by atoms with E-state index >= 15 is 0 Å². The van der Waals surface area contributed by atoms with Crippen molar-refractivity contribution < 1.29 is 8.83 Å². The quantitative estimate of drug-likeness (QED) is 0.837. The molecule has 1 aliphatic rings. The Hall–Kier alpha value is -1.48. The topological polar surface area (TPSA) is 38.3 Å². The first kappa shape index (κ1) is 9.73. The predicted molar refractivity (Wildman–Crippen MR) is 59.9 cm³/mol. The van der Waals surface area contributed by atoms with Crippen molar-refractivity contribution in [2.45, 2.75) is 31.3 Å². The summed E-state index contributed by atoms with van der Waals surface area (Å²) in [5.74, 6) is 2.05. The van der Waals surface area contributed by atoms with Gasteiger partial charge in [0, 0.05) is 0 Å². The third-order valence-electron chi connectivity index (χ3n) is 3.16. The molecule has 84 valence electrons. The number of furan rings is 2. The van der Waals surface area contributed by atoms with Crippen LogP contribution >= 0.6 is 0 Å². The third kappa shape index (κ3) is 1.78. The van der Waals surface area contributed by atoms with Gasteiger partial charge in [0.05, 0.1) is 24.6 Å². The molecule has 2 aromatic heterocycles. The van der Waals surface area contributed by atoms with Gasteiger partial charge in [0.2, 0.25) is 0 Å². The summed E-state index contributed by atoms with van der Waals surface area (Å²) in [6.45, 7) is 0. The lowest BCUT2D eigenvalue weighted by Gasteiger charge is -2.28. The van der Waals surface area contributed by atoms with E-state index in [1.807, 2.05) is 24.3 Å². The van der Waals surface area contributed by atoms with E-state index in [9.17, 15) is 0 Å². The van der Waals surface area contributed by atoms with E-state index in [2.05, 4.69) is 5.32 Å². The molecule has 1 aliphatic heterocycles. The Kier molecular flexibility index (Phi) is 2.54. The van der Waals surface area contributed by atoms with Crippen LogP contribution in [-0.2, 0) is 0 Å². The van der Waals surface area contributed by atoms with Crippen molar-refractivity contribution in [3.05, 3.63) is 48.3 Å². The minimum atomic E-state index is 0.318. The van der Waals surface area contributed by atoms with Crippen LogP contribution in [0.15, 0.2) is 45.6 Å². The SMILES string of the molecule is c1coc([C@@H]2CCC[C@H](c3ccco3)N2)c1. The molecule has 0 aliphatic carbocycles. The lowest BCUT2D eigenvalue weighted by molar-refractivity contribution is 0.267. The van der Waals surface area contributed by atoms with Crippen LogP contribution in [0.25, 0.3) is 0 Å². The number of rotatable bonds is 2. The molecule has 3 heteroatoms. The Bertz CT molecular complexity index is 378. The Morgan fingerprint density at radius 3 is 1.94 bits per heavy atom. The van der Waals surface area contributed by atoms with Gasteiger partial charge in [-0.25, -0.2) is 0 Å². The van der Waals surface area contributed by atoms with E-state index in [1.165, 1.54) is 6.42 Å². The molecule has 0 bridgehead atoms. The summed E-state index contributed by atoms with van der Waals surface area (Å²) in [6, 6.07) is 8.57. The lowest BCUT2D eigenvalue weighted by atomic mass is 9.96. The Morgan fingerprint density at radius 1 is 0.938 bits per heavy atom. The first-order valence-electron chi connectivity index (χ1n) is 5.76. The minimum Gasteiger partial charge on any atom is -0.468 e. The molecule has 1 saturated heterocycles. The summed E-state index contributed by atoms with van der Waals surface area (Å²) < 4.78 is 10.9. The highest BCUT2D eigenvalue weighted by Gasteiger charge is 2.26. The predicted octanol–water partition coefficient (Wildman–Crippen LogP) is 3.43. The zero-order valence-electron chi connectivity index (χ0n) is 9.06. The number of nitrogens with one attached hydrogen (secondary N) is 1. The van der Waals surface area contributed by atoms with Crippen LogP contribution < -0.4 is 5.32 Å². The van der Waals surface area contributed by atoms with Crippen molar-refractivity contribution in [3.63, 3.8) is 0 Å². The van der Waals surface area contributed by atoms with Gasteiger partial charge in [-0.3, -0.25) is 5.32 Å². The Balaban J connectivity index is 1.75. The molecule has 1 N–H and O–H groups in total. The molecule has 1 fully saturated rings. The van der Waals surface area contributed by atoms with Crippen LogP contribution in [0.2, 0.25) is 0 Å². The average Bonchev–Trinajstić information content (AvgIpc) is 3.03. The maximum absolute atomic E-state index is 5.45. The molecule has 2 atom stereocenters. The minimum absolute atomic E-state index is 0.318. The van der Waals surface area contributed by atoms with E-state index in [0.29, 0.717) is 12.1 Å². The second-order valence-corrected chi connectivity index (χ2v) is 4.23. The number of hydrogen-bond donors (Lipinski definition) is 1. The zero-order valence-corrected chi connectivity index (χ0v) is 9.06. The summed E-state index contributed by atoms with van der Waals surface area (Å²) in [4.78, 5) is 0. The number of hydrogen-bond acceptors (Lipinski definition) is 3. The molecule has 0 unspecified atom stereocenters. The molecular weight excluding hydrogens is 202 g/mol. The van der Waals surface area contributed by atoms with Crippen LogP contribution in [0.5, 0.6) is 0 Å². The summed E-state index contributed by atoms with van der Waals surface area (Å²) in [7, 11) is 0. The van der Waals surface area contributed by atoms with Gasteiger partial charge in [-0.15, -0.1) is 0 Å². The maximum atomic E-state index is 5.45. The van der Waals surface area contributed by atoms with Gasteiger partial charge < -0.3 is 8.83 Å². The highest BCUT2D eigenvalue weighted by atomic mass is 16.3. The summed E-state index contributed by atoms with van der Waals surface area (Å²) in [5, 5.41) is 3.57. The van der Waals surface area contributed by atoms with E-state index in [1.54, 1.807) is 12.5 Å². The van der Waals surface area contributed by atoms with Crippen LogP contribution in [-0.4, -0.2) is 0 Å². The van der Waals surface area contributed by atoms with Gasteiger partial charge in [0.1, 0.15) is 11.5 Å². The highest BCUT2D eigenvalue weighted by Crippen LogP contribution is 2.32. The first-order chi connectivity index (χ1) is 7.93. The summed E-state index contributed by atoms with van der Waals surface area (Å²) in [5.41, 5.74) is 0. The van der Waals surface area contributed by atoms with Crippen molar-refractivity contribution in [1.29, 1.82) is 0 Å². The molecule has 16 heavy (non-hydrogen) atoms. The second kappa shape index (κ2) is 4.18. The normalized spacial score (nSPS) is 25.8. The first-order valence-corrected chi connectivity index (χ1v) is 5.76. The maximum Gasteiger partial charge on any atom is 0.120 e. The number of piperidine rings is 1. The Morgan fingerprint density at radius 2 is 1.50 bits per heavy atom. The highest BCUT2D eigenvalue weighted by molar-refractivity contribution is 5.10. The second-order valence-electron chi connectivity index (χ2n) is 4.23. The average molecular weight is 217 g/mol. The van der Waals surface area contributed by atoms with E-state index in [0.717, 1.165) is 24.4 Å². The van der Waals surface area contributed by atoms with Gasteiger partial charge in [0.25, 0.3) is 0 Å². The van der Waals surface area contributed by atoms with Crippen LogP contribution in [0, 0.1) is 0 Å².